The number of hydroxylamine groups is 2. The Bertz CT molecular complexity index is 1150. The lowest BCUT2D eigenvalue weighted by Crippen LogP contribution is -2.73. The van der Waals surface area contributed by atoms with Gasteiger partial charge in [-0.05, 0) is 32.1 Å². The third kappa shape index (κ3) is 8.21. The van der Waals surface area contributed by atoms with E-state index in [9.17, 15) is 38.8 Å². The molecule has 0 aromatic carbocycles. The zero-order chi connectivity index (χ0) is 33.9. The Kier molecular flexibility index (Phi) is 13.5. The molecule has 0 aromatic rings. The van der Waals surface area contributed by atoms with Crippen molar-refractivity contribution in [3.8, 4) is 0 Å². The lowest BCUT2D eigenvalue weighted by atomic mass is 9.72. The molecule has 1 saturated carbocycles. The molecule has 0 atom stereocenters. The minimum Gasteiger partial charge on any atom is -0.312 e. The number of unbranched alkanes of at least 4 members (excludes halogenated alkanes) is 6. The smallest absolute Gasteiger partial charge is 0.287 e. The van der Waals surface area contributed by atoms with Gasteiger partial charge in [0.05, 0.1) is 16.7 Å². The summed E-state index contributed by atoms with van der Waals surface area (Å²) in [6.45, 7) is 5.90. The monoisotopic (exact) mass is 645 g/mol. The normalized spacial score (nSPS) is 18.4. The predicted octanol–water partition coefficient (Wildman–Crippen LogP) is 3.64. The molecule has 13 heteroatoms. The second kappa shape index (κ2) is 16.8. The quantitative estimate of drug-likeness (QED) is 0.0754. The van der Waals surface area contributed by atoms with E-state index in [1.165, 1.54) is 0 Å². The predicted molar refractivity (Wildman–Crippen MR) is 167 cm³/mol. The molecule has 3 aliphatic rings. The molecule has 46 heavy (non-hydrogen) atoms. The number of carbonyl (C=O) groups is 7. The summed E-state index contributed by atoms with van der Waals surface area (Å²) in [6.07, 6.45) is 7.95. The molecular weight excluding hydrogens is 594 g/mol. The largest absolute Gasteiger partial charge is 0.312 e. The Labute approximate surface area is 271 Å². The molecule has 0 aromatic heterocycles. The van der Waals surface area contributed by atoms with Crippen LogP contribution in [0, 0.1) is 0 Å². The number of hydrogen-bond donors (Lipinski definition) is 4. The van der Waals surface area contributed by atoms with Gasteiger partial charge in [-0.2, -0.15) is 0 Å². The van der Waals surface area contributed by atoms with Gasteiger partial charge in [-0.15, -0.1) is 5.06 Å². The zero-order valence-electron chi connectivity index (χ0n) is 27.6. The van der Waals surface area contributed by atoms with E-state index in [2.05, 4.69) is 16.0 Å². The Morgan fingerprint density at radius 1 is 0.674 bits per heavy atom. The minimum absolute atomic E-state index is 0.00513. The third-order valence-corrected chi connectivity index (χ3v) is 9.07. The van der Waals surface area contributed by atoms with Crippen LogP contribution in [-0.4, -0.2) is 67.8 Å². The highest BCUT2D eigenvalue weighted by Gasteiger charge is 2.61. The van der Waals surface area contributed by atoms with Crippen LogP contribution < -0.4 is 16.0 Å². The van der Waals surface area contributed by atoms with Crippen LogP contribution in [0.1, 0.15) is 143 Å². The fraction of sp³-hybridized carbons (Fsp3) is 0.727. The first-order valence-electron chi connectivity index (χ1n) is 17.1. The van der Waals surface area contributed by atoms with Gasteiger partial charge < -0.3 is 16.0 Å². The molecule has 2 heterocycles. The number of imide groups is 2. The summed E-state index contributed by atoms with van der Waals surface area (Å²) in [5, 5.41) is 18.8. The molecule has 2 fully saturated rings. The van der Waals surface area contributed by atoms with Crippen molar-refractivity contribution in [1.29, 1.82) is 0 Å². The SMILES string of the molecule is CCCCCC(=O)NC(NC(=O)CCCCC)(NC(=O)CCCCC)C1=C(C2(N3C(=O)CCC3=O)CCCCC2)C(=O)N(O)C1=O. The van der Waals surface area contributed by atoms with Crippen LogP contribution in [0.4, 0.5) is 0 Å². The Balaban J connectivity index is 2.31. The molecule has 3 rings (SSSR count). The standard InChI is InChI=1S/C33H51N5O8/c1-4-7-11-16-23(39)34-33(35-24(40)17-12-8-5-2,36-25(41)18-13-9-6-3)29-28(30(44)38(46)31(29)45)32(21-14-10-15-22-32)37-26(42)19-20-27(37)43/h46H,4-22H2,1-3H3,(H,34,39)(H,35,40)(H,36,41). The van der Waals surface area contributed by atoms with Crippen LogP contribution in [0.25, 0.3) is 0 Å². The summed E-state index contributed by atoms with van der Waals surface area (Å²) in [7, 11) is 0. The number of amides is 7. The van der Waals surface area contributed by atoms with Gasteiger partial charge in [0.25, 0.3) is 11.8 Å². The van der Waals surface area contributed by atoms with Crippen molar-refractivity contribution in [3.63, 3.8) is 0 Å². The Morgan fingerprint density at radius 2 is 1.09 bits per heavy atom. The van der Waals surface area contributed by atoms with Gasteiger partial charge in [-0.25, -0.2) is 0 Å². The lowest BCUT2D eigenvalue weighted by Gasteiger charge is -2.45. The maximum atomic E-state index is 14.0. The summed E-state index contributed by atoms with van der Waals surface area (Å²) in [5.41, 5.74) is -2.56. The van der Waals surface area contributed by atoms with E-state index in [1.54, 1.807) is 0 Å². The van der Waals surface area contributed by atoms with Gasteiger partial charge in [-0.1, -0.05) is 78.6 Å². The zero-order valence-corrected chi connectivity index (χ0v) is 27.6. The third-order valence-electron chi connectivity index (χ3n) is 9.07. The maximum Gasteiger partial charge on any atom is 0.287 e. The molecule has 256 valence electrons. The van der Waals surface area contributed by atoms with E-state index in [1.807, 2.05) is 20.8 Å². The van der Waals surface area contributed by atoms with E-state index >= 15 is 0 Å². The van der Waals surface area contributed by atoms with Crippen LogP contribution in [0.2, 0.25) is 0 Å². The van der Waals surface area contributed by atoms with Crippen molar-refractivity contribution >= 4 is 41.4 Å². The van der Waals surface area contributed by atoms with Crippen molar-refractivity contribution in [2.45, 2.75) is 154 Å². The van der Waals surface area contributed by atoms with E-state index in [4.69, 9.17) is 0 Å². The van der Waals surface area contributed by atoms with E-state index < -0.39 is 58.2 Å². The fourth-order valence-electron chi connectivity index (χ4n) is 6.78. The fourth-order valence-corrected chi connectivity index (χ4v) is 6.78. The summed E-state index contributed by atoms with van der Waals surface area (Å²) in [6, 6.07) is 0. The van der Waals surface area contributed by atoms with Crippen molar-refractivity contribution in [3.05, 3.63) is 11.1 Å². The van der Waals surface area contributed by atoms with E-state index in [0.717, 1.165) is 49.8 Å². The van der Waals surface area contributed by atoms with Crippen molar-refractivity contribution < 1.29 is 38.8 Å². The number of nitrogens with zero attached hydrogens (tertiary/aromatic N) is 2. The molecule has 0 spiro atoms. The van der Waals surface area contributed by atoms with Gasteiger partial charge in [0.15, 0.2) is 0 Å². The van der Waals surface area contributed by atoms with Crippen LogP contribution >= 0.6 is 0 Å². The highest BCUT2D eigenvalue weighted by Crippen LogP contribution is 2.47. The van der Waals surface area contributed by atoms with E-state index in [0.29, 0.717) is 32.1 Å². The van der Waals surface area contributed by atoms with Crippen molar-refractivity contribution in [2.24, 2.45) is 0 Å². The summed E-state index contributed by atoms with van der Waals surface area (Å²) < 4.78 is 0. The van der Waals surface area contributed by atoms with Gasteiger partial charge in [0, 0.05) is 32.1 Å². The first kappa shape index (κ1) is 36.9. The molecule has 13 nitrogen and oxygen atoms in total. The molecule has 2 aliphatic heterocycles. The second-order valence-electron chi connectivity index (χ2n) is 12.7. The van der Waals surface area contributed by atoms with Gasteiger partial charge in [0.2, 0.25) is 35.3 Å². The lowest BCUT2D eigenvalue weighted by molar-refractivity contribution is -0.171. The first-order valence-corrected chi connectivity index (χ1v) is 17.1. The Hall–Kier alpha value is -3.61. The highest BCUT2D eigenvalue weighted by atomic mass is 16.5. The summed E-state index contributed by atoms with van der Waals surface area (Å²) >= 11 is 0. The number of nitrogens with one attached hydrogen (secondary N) is 3. The summed E-state index contributed by atoms with van der Waals surface area (Å²) in [4.78, 5) is 96.1. The van der Waals surface area contributed by atoms with Crippen LogP contribution in [-0.2, 0) is 33.6 Å². The van der Waals surface area contributed by atoms with Gasteiger partial charge in [0.1, 0.15) is 0 Å². The van der Waals surface area contributed by atoms with Crippen LogP contribution in [0.15, 0.2) is 11.1 Å². The first-order chi connectivity index (χ1) is 22.0. The minimum atomic E-state index is -2.44. The highest BCUT2D eigenvalue weighted by molar-refractivity contribution is 6.22. The Morgan fingerprint density at radius 3 is 1.48 bits per heavy atom. The van der Waals surface area contributed by atoms with Gasteiger partial charge >= 0.3 is 0 Å². The number of carbonyl (C=O) groups excluding carboxylic acids is 7. The average Bonchev–Trinajstić information content (AvgIpc) is 3.48. The topological polar surface area (TPSA) is 182 Å². The number of rotatable bonds is 18. The molecule has 1 aliphatic carbocycles. The van der Waals surface area contributed by atoms with E-state index in [-0.39, 0.29) is 55.6 Å². The molecule has 0 radical (unpaired) electrons. The molecular formula is C33H51N5O8. The number of likely N-dealkylation sites (tertiary alicyclic amines) is 1. The molecule has 4 N–H and O–H groups in total. The number of hydrogen-bond acceptors (Lipinski definition) is 8. The van der Waals surface area contributed by atoms with Crippen LogP contribution in [0.3, 0.4) is 0 Å². The molecule has 1 saturated heterocycles. The van der Waals surface area contributed by atoms with Crippen molar-refractivity contribution in [1.82, 2.24) is 25.9 Å². The summed E-state index contributed by atoms with van der Waals surface area (Å²) in [5.74, 6) is -7.72. The average molecular weight is 646 g/mol. The second-order valence-corrected chi connectivity index (χ2v) is 12.7. The maximum absolute atomic E-state index is 14.0. The van der Waals surface area contributed by atoms with Crippen molar-refractivity contribution in [2.75, 3.05) is 0 Å². The molecule has 0 bridgehead atoms. The molecule has 7 amide bonds. The van der Waals surface area contributed by atoms with Gasteiger partial charge in [-0.3, -0.25) is 43.7 Å². The molecule has 0 unspecified atom stereocenters. The van der Waals surface area contributed by atoms with Crippen LogP contribution in [0.5, 0.6) is 0 Å².